The van der Waals surface area contributed by atoms with Gasteiger partial charge in [-0.3, -0.25) is 14.6 Å². The lowest BCUT2D eigenvalue weighted by Crippen LogP contribution is -2.39. The minimum atomic E-state index is -0.830. The lowest BCUT2D eigenvalue weighted by molar-refractivity contribution is -0.123. The molecule has 2 unspecified atom stereocenters. The number of benzene rings is 2. The van der Waals surface area contributed by atoms with Crippen LogP contribution >= 0.6 is 11.6 Å². The molecule has 7 nitrogen and oxygen atoms in total. The fourth-order valence-corrected chi connectivity index (χ4v) is 3.54. The van der Waals surface area contributed by atoms with Gasteiger partial charge in [-0.2, -0.15) is 5.11 Å². The van der Waals surface area contributed by atoms with Gasteiger partial charge in [-0.15, -0.1) is 0 Å². The number of carbonyl (C=O) groups excluding carboxylic acids is 2. The van der Waals surface area contributed by atoms with Crippen LogP contribution in [0, 0.1) is 6.92 Å². The molecule has 0 N–H and O–H groups in total. The zero-order valence-corrected chi connectivity index (χ0v) is 15.6. The van der Waals surface area contributed by atoms with Gasteiger partial charge in [0.1, 0.15) is 5.75 Å². The molecule has 1 saturated heterocycles. The smallest absolute Gasteiger partial charge is 0.263 e. The van der Waals surface area contributed by atoms with Crippen LogP contribution in [0.3, 0.4) is 0 Å². The SMILES string of the molecule is COc1ccc(N2C(=O)C3N=NN(Cc4ccc(C)cc4)C3C2=O)cc1Cl. The maximum Gasteiger partial charge on any atom is 0.263 e. The van der Waals surface area contributed by atoms with E-state index in [2.05, 4.69) is 10.3 Å². The first-order valence-corrected chi connectivity index (χ1v) is 8.81. The maximum atomic E-state index is 13.0. The molecule has 2 heterocycles. The first-order valence-electron chi connectivity index (χ1n) is 8.44. The Labute approximate surface area is 161 Å². The van der Waals surface area contributed by atoms with E-state index in [1.54, 1.807) is 23.2 Å². The molecular formula is C19H17ClN4O3. The summed E-state index contributed by atoms with van der Waals surface area (Å²) in [4.78, 5) is 26.9. The van der Waals surface area contributed by atoms with E-state index in [1.165, 1.54) is 7.11 Å². The summed E-state index contributed by atoms with van der Waals surface area (Å²) >= 11 is 6.15. The predicted octanol–water partition coefficient (Wildman–Crippen LogP) is 3.15. The number of imide groups is 1. The van der Waals surface area contributed by atoms with Gasteiger partial charge in [0.15, 0.2) is 12.1 Å². The number of halogens is 1. The summed E-state index contributed by atoms with van der Waals surface area (Å²) in [6, 6.07) is 11.2. The van der Waals surface area contributed by atoms with Crippen LogP contribution < -0.4 is 9.64 Å². The van der Waals surface area contributed by atoms with Gasteiger partial charge in [0.2, 0.25) is 0 Å². The largest absolute Gasteiger partial charge is 0.495 e. The number of ether oxygens (including phenoxy) is 1. The van der Waals surface area contributed by atoms with Crippen molar-refractivity contribution < 1.29 is 14.3 Å². The molecule has 138 valence electrons. The number of rotatable bonds is 4. The van der Waals surface area contributed by atoms with E-state index in [0.717, 1.165) is 16.0 Å². The van der Waals surface area contributed by atoms with Crippen molar-refractivity contribution in [3.8, 4) is 5.75 Å². The van der Waals surface area contributed by atoms with Crippen LogP contribution in [0.4, 0.5) is 5.69 Å². The number of anilines is 1. The zero-order valence-electron chi connectivity index (χ0n) is 14.8. The molecule has 0 bridgehead atoms. The van der Waals surface area contributed by atoms with Crippen molar-refractivity contribution in [1.29, 1.82) is 0 Å². The summed E-state index contributed by atoms with van der Waals surface area (Å²) in [5, 5.41) is 9.99. The van der Waals surface area contributed by atoms with E-state index in [1.807, 2.05) is 31.2 Å². The lowest BCUT2D eigenvalue weighted by atomic mass is 10.1. The van der Waals surface area contributed by atoms with Crippen LogP contribution in [0.5, 0.6) is 5.75 Å². The molecule has 2 aliphatic heterocycles. The summed E-state index contributed by atoms with van der Waals surface area (Å²) in [6.07, 6.45) is 0. The normalized spacial score (nSPS) is 21.1. The van der Waals surface area contributed by atoms with E-state index in [0.29, 0.717) is 23.0 Å². The van der Waals surface area contributed by atoms with Crippen molar-refractivity contribution >= 4 is 29.1 Å². The van der Waals surface area contributed by atoms with Gasteiger partial charge in [0, 0.05) is 0 Å². The van der Waals surface area contributed by atoms with Gasteiger partial charge in [-0.1, -0.05) is 46.7 Å². The Kier molecular flexibility index (Phi) is 4.31. The second-order valence-corrected chi connectivity index (χ2v) is 6.92. The summed E-state index contributed by atoms with van der Waals surface area (Å²) in [7, 11) is 1.50. The molecule has 4 rings (SSSR count). The Morgan fingerprint density at radius 3 is 2.52 bits per heavy atom. The van der Waals surface area contributed by atoms with Gasteiger partial charge in [0.05, 0.1) is 24.4 Å². The fourth-order valence-electron chi connectivity index (χ4n) is 3.28. The van der Waals surface area contributed by atoms with Crippen LogP contribution in [-0.4, -0.2) is 36.0 Å². The third-order valence-corrected chi connectivity index (χ3v) is 5.01. The minimum absolute atomic E-state index is 0.325. The number of hydrogen-bond donors (Lipinski definition) is 0. The number of fused-ring (bicyclic) bond motifs is 1. The van der Waals surface area contributed by atoms with Crippen molar-refractivity contribution in [1.82, 2.24) is 5.01 Å². The first kappa shape index (κ1) is 17.5. The van der Waals surface area contributed by atoms with Crippen LogP contribution in [0.25, 0.3) is 0 Å². The Hall–Kier alpha value is -2.93. The Balaban J connectivity index is 1.59. The highest BCUT2D eigenvalue weighted by molar-refractivity contribution is 6.33. The molecule has 2 aliphatic rings. The van der Waals surface area contributed by atoms with Gasteiger partial charge in [0.25, 0.3) is 11.8 Å². The Bertz CT molecular complexity index is 944. The van der Waals surface area contributed by atoms with Crippen molar-refractivity contribution in [3.05, 3.63) is 58.6 Å². The number of aryl methyl sites for hydroxylation is 1. The summed E-state index contributed by atoms with van der Waals surface area (Å²) < 4.78 is 5.12. The maximum absolute atomic E-state index is 13.0. The van der Waals surface area contributed by atoms with Crippen molar-refractivity contribution in [2.75, 3.05) is 12.0 Å². The van der Waals surface area contributed by atoms with Gasteiger partial charge >= 0.3 is 0 Å². The van der Waals surface area contributed by atoms with Gasteiger partial charge < -0.3 is 4.74 Å². The fraction of sp³-hybridized carbons (Fsp3) is 0.263. The van der Waals surface area contributed by atoms with Crippen LogP contribution in [0.15, 0.2) is 52.8 Å². The molecule has 2 aromatic rings. The summed E-state index contributed by atoms with van der Waals surface area (Å²) in [5.74, 6) is -0.287. The highest BCUT2D eigenvalue weighted by Crippen LogP contribution is 2.35. The molecule has 1 fully saturated rings. The third-order valence-electron chi connectivity index (χ3n) is 4.72. The Morgan fingerprint density at radius 1 is 1.11 bits per heavy atom. The molecule has 2 atom stereocenters. The molecule has 0 saturated carbocycles. The van der Waals surface area contributed by atoms with Crippen molar-refractivity contribution in [2.45, 2.75) is 25.6 Å². The second-order valence-electron chi connectivity index (χ2n) is 6.51. The molecule has 0 radical (unpaired) electrons. The van der Waals surface area contributed by atoms with Crippen LogP contribution in [0.1, 0.15) is 11.1 Å². The highest BCUT2D eigenvalue weighted by atomic mass is 35.5. The molecule has 0 aliphatic carbocycles. The van der Waals surface area contributed by atoms with E-state index in [4.69, 9.17) is 16.3 Å². The topological polar surface area (TPSA) is 74.6 Å². The number of amides is 2. The third kappa shape index (κ3) is 2.94. The van der Waals surface area contributed by atoms with Gasteiger partial charge in [-0.05, 0) is 30.7 Å². The molecule has 8 heteroatoms. The predicted molar refractivity (Wildman–Crippen MR) is 99.7 cm³/mol. The summed E-state index contributed by atoms with van der Waals surface area (Å²) in [5.41, 5.74) is 2.54. The average Bonchev–Trinajstić information content (AvgIpc) is 3.17. The van der Waals surface area contributed by atoms with Crippen molar-refractivity contribution in [2.24, 2.45) is 10.3 Å². The number of carbonyl (C=O) groups is 2. The molecule has 2 amide bonds. The van der Waals surface area contributed by atoms with Crippen LogP contribution in [-0.2, 0) is 16.1 Å². The summed E-state index contributed by atoms with van der Waals surface area (Å²) in [6.45, 7) is 2.41. The number of hydrogen-bond acceptors (Lipinski definition) is 6. The zero-order chi connectivity index (χ0) is 19.1. The molecular weight excluding hydrogens is 368 g/mol. The van der Waals surface area contributed by atoms with Gasteiger partial charge in [-0.25, -0.2) is 4.90 Å². The average molecular weight is 385 g/mol. The first-order chi connectivity index (χ1) is 13.0. The second kappa shape index (κ2) is 6.66. The van der Waals surface area contributed by atoms with E-state index >= 15 is 0 Å². The number of nitrogens with zero attached hydrogens (tertiary/aromatic N) is 4. The van der Waals surface area contributed by atoms with Crippen LogP contribution in [0.2, 0.25) is 5.02 Å². The lowest BCUT2D eigenvalue weighted by Gasteiger charge is -2.21. The molecule has 0 spiro atoms. The highest BCUT2D eigenvalue weighted by Gasteiger charge is 2.54. The molecule has 27 heavy (non-hydrogen) atoms. The van der Waals surface area contributed by atoms with E-state index in [-0.39, 0.29) is 5.91 Å². The molecule has 0 aromatic heterocycles. The van der Waals surface area contributed by atoms with Crippen molar-refractivity contribution in [3.63, 3.8) is 0 Å². The van der Waals surface area contributed by atoms with E-state index < -0.39 is 18.0 Å². The quantitative estimate of drug-likeness (QED) is 0.759. The van der Waals surface area contributed by atoms with E-state index in [9.17, 15) is 9.59 Å². The standard InChI is InChI=1S/C19H17ClN4O3/c1-11-3-5-12(6-4-11)10-23-17-16(21-22-23)18(25)24(19(17)26)13-7-8-15(27-2)14(20)9-13/h3-9,16-17H,10H2,1-2H3. The molecule has 2 aromatic carbocycles. The monoisotopic (exact) mass is 384 g/mol. The Morgan fingerprint density at radius 2 is 1.85 bits per heavy atom. The number of methoxy groups -OCH3 is 1. The minimum Gasteiger partial charge on any atom is -0.495 e.